The quantitative estimate of drug-likeness (QED) is 0.841. The molecule has 1 unspecified atom stereocenters. The number of ether oxygens (including phenoxy) is 2. The van der Waals surface area contributed by atoms with Crippen molar-refractivity contribution in [3.05, 3.63) is 29.6 Å². The van der Waals surface area contributed by atoms with E-state index in [1.165, 1.54) is 17.1 Å². The second-order valence-corrected chi connectivity index (χ2v) is 7.96. The van der Waals surface area contributed by atoms with Crippen molar-refractivity contribution < 1.29 is 9.47 Å². The maximum absolute atomic E-state index is 5.40. The van der Waals surface area contributed by atoms with Crippen LogP contribution in [0.1, 0.15) is 44.5 Å². The Balaban J connectivity index is 1.77. The van der Waals surface area contributed by atoms with Gasteiger partial charge in [-0.2, -0.15) is 4.37 Å². The summed E-state index contributed by atoms with van der Waals surface area (Å²) in [4.78, 5) is 7.08. The Labute approximate surface area is 147 Å². The summed E-state index contributed by atoms with van der Waals surface area (Å²) in [5, 5.41) is 1.03. The zero-order valence-electron chi connectivity index (χ0n) is 15.0. The molecule has 5 nitrogen and oxygen atoms in total. The summed E-state index contributed by atoms with van der Waals surface area (Å²) in [6, 6.07) is 6.13. The topological polar surface area (TPSA) is 47.5 Å². The Bertz CT molecular complexity index is 686. The summed E-state index contributed by atoms with van der Waals surface area (Å²) < 4.78 is 15.3. The highest BCUT2D eigenvalue weighted by Gasteiger charge is 2.28. The minimum atomic E-state index is -0.00591. The fourth-order valence-corrected chi connectivity index (χ4v) is 3.81. The third-order valence-corrected chi connectivity index (χ3v) is 5.17. The van der Waals surface area contributed by atoms with Gasteiger partial charge in [0.25, 0.3) is 0 Å². The first-order valence-corrected chi connectivity index (χ1v) is 9.00. The van der Waals surface area contributed by atoms with E-state index in [0.717, 1.165) is 42.0 Å². The zero-order valence-corrected chi connectivity index (χ0v) is 15.8. The second kappa shape index (κ2) is 6.59. The molecule has 1 atom stereocenters. The molecule has 0 radical (unpaired) electrons. The number of nitrogens with zero attached hydrogens (tertiary/aromatic N) is 3. The van der Waals surface area contributed by atoms with E-state index in [-0.39, 0.29) is 5.41 Å². The molecule has 24 heavy (non-hydrogen) atoms. The van der Waals surface area contributed by atoms with Gasteiger partial charge in [0.1, 0.15) is 17.3 Å². The van der Waals surface area contributed by atoms with Gasteiger partial charge >= 0.3 is 0 Å². The first-order chi connectivity index (χ1) is 11.4. The van der Waals surface area contributed by atoms with Crippen molar-refractivity contribution in [2.45, 2.75) is 38.5 Å². The number of aromatic nitrogens is 2. The van der Waals surface area contributed by atoms with Crippen molar-refractivity contribution >= 4 is 16.7 Å². The molecule has 130 valence electrons. The van der Waals surface area contributed by atoms with E-state index in [0.29, 0.717) is 5.92 Å². The molecule has 0 bridgehead atoms. The molecule has 3 rings (SSSR count). The number of hydrogen-bond acceptors (Lipinski definition) is 6. The van der Waals surface area contributed by atoms with Crippen molar-refractivity contribution in [1.82, 2.24) is 9.36 Å². The lowest BCUT2D eigenvalue weighted by molar-refractivity contribution is 0.393. The molecule has 0 amide bonds. The molecule has 0 N–H and O–H groups in total. The summed E-state index contributed by atoms with van der Waals surface area (Å²) in [6.45, 7) is 8.40. The SMILES string of the molecule is COc1cc(OC)cc(C2CCN(c3nc(C(C)(C)C)ns3)C2)c1. The van der Waals surface area contributed by atoms with Crippen molar-refractivity contribution in [3.8, 4) is 11.5 Å². The maximum Gasteiger partial charge on any atom is 0.205 e. The van der Waals surface area contributed by atoms with Crippen LogP contribution in [-0.2, 0) is 5.41 Å². The summed E-state index contributed by atoms with van der Waals surface area (Å²) in [5.74, 6) is 3.06. The molecule has 2 heterocycles. The molecule has 1 aliphatic rings. The monoisotopic (exact) mass is 347 g/mol. The van der Waals surface area contributed by atoms with E-state index in [1.807, 2.05) is 6.07 Å². The average molecular weight is 347 g/mol. The Morgan fingerprint density at radius 1 is 1.12 bits per heavy atom. The minimum absolute atomic E-state index is 0.00591. The van der Waals surface area contributed by atoms with Crippen LogP contribution in [0.3, 0.4) is 0 Å². The smallest absolute Gasteiger partial charge is 0.205 e. The van der Waals surface area contributed by atoms with Crippen molar-refractivity contribution in [3.63, 3.8) is 0 Å². The Morgan fingerprint density at radius 2 is 1.79 bits per heavy atom. The molecular formula is C18H25N3O2S. The Kier molecular flexibility index (Phi) is 4.67. The number of hydrogen-bond donors (Lipinski definition) is 0. The van der Waals surface area contributed by atoms with Crippen LogP contribution in [0.25, 0.3) is 0 Å². The molecule has 6 heteroatoms. The first-order valence-electron chi connectivity index (χ1n) is 8.23. The summed E-state index contributed by atoms with van der Waals surface area (Å²) in [5.41, 5.74) is 1.25. The Hall–Kier alpha value is -1.82. The van der Waals surface area contributed by atoms with Crippen LogP contribution >= 0.6 is 11.5 Å². The van der Waals surface area contributed by atoms with E-state index in [1.54, 1.807) is 14.2 Å². The van der Waals surface area contributed by atoms with Gasteiger partial charge in [0, 0.05) is 42.0 Å². The van der Waals surface area contributed by atoms with Crippen molar-refractivity contribution in [2.24, 2.45) is 0 Å². The molecule has 0 saturated carbocycles. The fourth-order valence-electron chi connectivity index (χ4n) is 2.92. The van der Waals surface area contributed by atoms with E-state index in [2.05, 4.69) is 42.2 Å². The van der Waals surface area contributed by atoms with E-state index < -0.39 is 0 Å². The van der Waals surface area contributed by atoms with Crippen LogP contribution in [0.5, 0.6) is 11.5 Å². The van der Waals surface area contributed by atoms with E-state index in [9.17, 15) is 0 Å². The normalized spacial score (nSPS) is 18.0. The standard InChI is InChI=1S/C18H25N3O2S/c1-18(2,3)16-19-17(24-20-16)21-7-6-12(11-21)13-8-14(22-4)10-15(9-13)23-5/h8-10,12H,6-7,11H2,1-5H3. The van der Waals surface area contributed by atoms with E-state index in [4.69, 9.17) is 14.5 Å². The van der Waals surface area contributed by atoms with Crippen LogP contribution < -0.4 is 14.4 Å². The number of anilines is 1. The van der Waals surface area contributed by atoms with Crippen LogP contribution in [0.15, 0.2) is 18.2 Å². The van der Waals surface area contributed by atoms with Gasteiger partial charge in [0.15, 0.2) is 0 Å². The first kappa shape index (κ1) is 17.0. The lowest BCUT2D eigenvalue weighted by Gasteiger charge is -2.16. The maximum atomic E-state index is 5.40. The number of rotatable bonds is 4. The lowest BCUT2D eigenvalue weighted by atomic mass is 9.96. The molecule has 1 aliphatic heterocycles. The highest BCUT2D eigenvalue weighted by atomic mass is 32.1. The van der Waals surface area contributed by atoms with Gasteiger partial charge in [0.05, 0.1) is 14.2 Å². The van der Waals surface area contributed by atoms with Gasteiger partial charge in [-0.1, -0.05) is 20.8 Å². The van der Waals surface area contributed by atoms with Gasteiger partial charge < -0.3 is 14.4 Å². The number of benzene rings is 1. The van der Waals surface area contributed by atoms with Crippen LogP contribution in [0, 0.1) is 0 Å². The van der Waals surface area contributed by atoms with Gasteiger partial charge in [0.2, 0.25) is 5.13 Å². The van der Waals surface area contributed by atoms with Crippen LogP contribution in [0.4, 0.5) is 5.13 Å². The van der Waals surface area contributed by atoms with Crippen molar-refractivity contribution in [1.29, 1.82) is 0 Å². The number of methoxy groups -OCH3 is 2. The predicted octanol–water partition coefficient (Wildman–Crippen LogP) is 3.85. The largest absolute Gasteiger partial charge is 0.497 e. The van der Waals surface area contributed by atoms with Crippen LogP contribution in [0.2, 0.25) is 0 Å². The second-order valence-electron chi connectivity index (χ2n) is 7.23. The van der Waals surface area contributed by atoms with Gasteiger partial charge in [-0.25, -0.2) is 4.98 Å². The molecule has 1 fully saturated rings. The van der Waals surface area contributed by atoms with Crippen molar-refractivity contribution in [2.75, 3.05) is 32.2 Å². The lowest BCUT2D eigenvalue weighted by Crippen LogP contribution is -2.20. The average Bonchev–Trinajstić information content (AvgIpc) is 3.22. The molecule has 0 aliphatic carbocycles. The van der Waals surface area contributed by atoms with E-state index >= 15 is 0 Å². The van der Waals surface area contributed by atoms with Crippen LogP contribution in [-0.4, -0.2) is 36.7 Å². The third-order valence-electron chi connectivity index (χ3n) is 4.39. The molecule has 0 spiro atoms. The third kappa shape index (κ3) is 3.48. The molecule has 1 saturated heterocycles. The van der Waals surface area contributed by atoms with Gasteiger partial charge in [-0.3, -0.25) is 0 Å². The van der Waals surface area contributed by atoms with Gasteiger partial charge in [-0.05, 0) is 24.1 Å². The predicted molar refractivity (Wildman–Crippen MR) is 97.7 cm³/mol. The highest BCUT2D eigenvalue weighted by molar-refractivity contribution is 7.09. The molecular weight excluding hydrogens is 322 g/mol. The minimum Gasteiger partial charge on any atom is -0.497 e. The highest BCUT2D eigenvalue weighted by Crippen LogP contribution is 2.36. The van der Waals surface area contributed by atoms with Gasteiger partial charge in [-0.15, -0.1) is 0 Å². The molecule has 2 aromatic rings. The zero-order chi connectivity index (χ0) is 17.3. The summed E-state index contributed by atoms with van der Waals surface area (Å²) >= 11 is 1.50. The molecule has 1 aromatic heterocycles. The fraction of sp³-hybridized carbons (Fsp3) is 0.556. The summed E-state index contributed by atoms with van der Waals surface area (Å²) in [7, 11) is 3.38. The summed E-state index contributed by atoms with van der Waals surface area (Å²) in [6.07, 6.45) is 1.10. The Morgan fingerprint density at radius 3 is 2.33 bits per heavy atom. The molecule has 1 aromatic carbocycles.